The number of thiocarbonyl (C=S) groups is 1. The first-order chi connectivity index (χ1) is 13.5. The number of ether oxygens (including phenoxy) is 1. The van der Waals surface area contributed by atoms with Crippen molar-refractivity contribution < 1.29 is 19.4 Å². The van der Waals surface area contributed by atoms with Crippen LogP contribution in [0.3, 0.4) is 0 Å². The third-order valence-corrected chi connectivity index (χ3v) is 5.48. The number of rotatable bonds is 8. The number of carbonyl (C=O) groups excluding carboxylic acids is 1. The summed E-state index contributed by atoms with van der Waals surface area (Å²) < 4.78 is 5.94. The van der Waals surface area contributed by atoms with Crippen LogP contribution in [0.25, 0.3) is 6.08 Å². The molecule has 0 spiro atoms. The van der Waals surface area contributed by atoms with Gasteiger partial charge in [0.2, 0.25) is 0 Å². The second-order valence-corrected chi connectivity index (χ2v) is 7.81. The molecule has 5 nitrogen and oxygen atoms in total. The van der Waals surface area contributed by atoms with E-state index in [4.69, 9.17) is 22.1 Å². The van der Waals surface area contributed by atoms with E-state index in [9.17, 15) is 9.59 Å². The molecule has 1 amide bonds. The van der Waals surface area contributed by atoms with Crippen molar-refractivity contribution in [2.75, 3.05) is 13.2 Å². The normalized spacial score (nSPS) is 15.3. The lowest BCUT2D eigenvalue weighted by Gasteiger charge is -2.14. The summed E-state index contributed by atoms with van der Waals surface area (Å²) in [6, 6.07) is 17.2. The summed E-state index contributed by atoms with van der Waals surface area (Å²) in [4.78, 5) is 25.4. The monoisotopic (exact) mass is 413 g/mol. The molecule has 144 valence electrons. The highest BCUT2D eigenvalue weighted by Crippen LogP contribution is 2.32. The summed E-state index contributed by atoms with van der Waals surface area (Å²) in [5.41, 5.74) is 2.02. The summed E-state index contributed by atoms with van der Waals surface area (Å²) in [5.74, 6) is -0.382. The zero-order valence-corrected chi connectivity index (χ0v) is 16.7. The topological polar surface area (TPSA) is 66.8 Å². The molecule has 2 aromatic rings. The molecule has 1 aliphatic rings. The third kappa shape index (κ3) is 5.43. The average Bonchev–Trinajstić information content (AvgIpc) is 2.95. The van der Waals surface area contributed by atoms with Crippen molar-refractivity contribution >= 4 is 46.3 Å². The maximum Gasteiger partial charge on any atom is 0.306 e. The highest BCUT2D eigenvalue weighted by molar-refractivity contribution is 8.26. The summed E-state index contributed by atoms with van der Waals surface area (Å²) >= 11 is 6.68. The van der Waals surface area contributed by atoms with Gasteiger partial charge in [-0.2, -0.15) is 0 Å². The van der Waals surface area contributed by atoms with Gasteiger partial charge in [0, 0.05) is 6.54 Å². The largest absolute Gasteiger partial charge is 0.493 e. The van der Waals surface area contributed by atoms with E-state index in [2.05, 4.69) is 0 Å². The van der Waals surface area contributed by atoms with Gasteiger partial charge >= 0.3 is 5.97 Å². The Bertz CT molecular complexity index is 894. The Morgan fingerprint density at radius 1 is 1.14 bits per heavy atom. The minimum absolute atomic E-state index is 0.0484. The molecule has 2 aromatic carbocycles. The van der Waals surface area contributed by atoms with Crippen LogP contribution in [0.2, 0.25) is 0 Å². The van der Waals surface area contributed by atoms with Gasteiger partial charge in [-0.15, -0.1) is 0 Å². The molecule has 0 bridgehead atoms. The van der Waals surface area contributed by atoms with E-state index in [1.165, 1.54) is 17.3 Å². The van der Waals surface area contributed by atoms with Crippen LogP contribution < -0.4 is 4.74 Å². The lowest BCUT2D eigenvalue weighted by atomic mass is 10.1. The zero-order chi connectivity index (χ0) is 19.9. The number of thioether (sulfide) groups is 1. The second-order valence-electron chi connectivity index (χ2n) is 6.13. The van der Waals surface area contributed by atoms with Crippen LogP contribution in [0.15, 0.2) is 59.5 Å². The molecule has 28 heavy (non-hydrogen) atoms. The average molecular weight is 414 g/mol. The van der Waals surface area contributed by atoms with Crippen LogP contribution in [-0.2, 0) is 16.0 Å². The highest BCUT2D eigenvalue weighted by atomic mass is 32.2. The van der Waals surface area contributed by atoms with Crippen molar-refractivity contribution in [1.82, 2.24) is 4.90 Å². The SMILES string of the molecule is O=C(O)CCOc1ccc(/C=C2/SC(=S)N(CCc3ccccc3)C2=O)cc1. The minimum atomic E-state index is -0.897. The molecule has 1 saturated heterocycles. The predicted molar refractivity (Wildman–Crippen MR) is 114 cm³/mol. The standard InChI is InChI=1S/C21H19NO4S2/c23-19(24)11-13-26-17-8-6-16(7-9-17)14-18-20(25)22(21(27)28-18)12-10-15-4-2-1-3-5-15/h1-9,14H,10-13H2,(H,23,24)/b18-14+. The molecule has 1 aliphatic heterocycles. The maximum absolute atomic E-state index is 12.7. The van der Waals surface area contributed by atoms with E-state index in [1.807, 2.05) is 48.5 Å². The van der Waals surface area contributed by atoms with Crippen LogP contribution in [0, 0.1) is 0 Å². The van der Waals surface area contributed by atoms with Gasteiger partial charge in [0.1, 0.15) is 10.1 Å². The van der Waals surface area contributed by atoms with Gasteiger partial charge in [0.25, 0.3) is 5.91 Å². The number of benzene rings is 2. The molecule has 0 saturated carbocycles. The summed E-state index contributed by atoms with van der Waals surface area (Å²) in [7, 11) is 0. The Morgan fingerprint density at radius 3 is 2.54 bits per heavy atom. The molecule has 0 aromatic heterocycles. The number of hydrogen-bond donors (Lipinski definition) is 1. The van der Waals surface area contributed by atoms with Gasteiger partial charge in [0.15, 0.2) is 0 Å². The molecule has 1 fully saturated rings. The van der Waals surface area contributed by atoms with Crippen LogP contribution in [0.4, 0.5) is 0 Å². The smallest absolute Gasteiger partial charge is 0.306 e. The zero-order valence-electron chi connectivity index (χ0n) is 15.0. The van der Waals surface area contributed by atoms with E-state index in [1.54, 1.807) is 17.0 Å². The van der Waals surface area contributed by atoms with Crippen molar-refractivity contribution in [3.63, 3.8) is 0 Å². The fourth-order valence-corrected chi connectivity index (χ4v) is 3.95. The Kier molecular flexibility index (Phi) is 6.84. The Morgan fingerprint density at radius 2 is 1.86 bits per heavy atom. The number of carboxylic acids is 1. The van der Waals surface area contributed by atoms with Crippen molar-refractivity contribution in [3.05, 3.63) is 70.6 Å². The van der Waals surface area contributed by atoms with Gasteiger partial charge in [-0.1, -0.05) is 66.4 Å². The molecule has 7 heteroatoms. The number of carbonyl (C=O) groups is 2. The Hall–Kier alpha value is -2.64. The molecular weight excluding hydrogens is 394 g/mol. The fourth-order valence-electron chi connectivity index (χ4n) is 2.65. The van der Waals surface area contributed by atoms with Crippen LogP contribution >= 0.6 is 24.0 Å². The highest BCUT2D eigenvalue weighted by Gasteiger charge is 2.31. The number of amides is 1. The lowest BCUT2D eigenvalue weighted by Crippen LogP contribution is -2.30. The molecule has 1 heterocycles. The summed E-state index contributed by atoms with van der Waals surface area (Å²) in [6.45, 7) is 0.678. The Labute approximate surface area is 173 Å². The van der Waals surface area contributed by atoms with Crippen molar-refractivity contribution in [2.45, 2.75) is 12.8 Å². The van der Waals surface area contributed by atoms with E-state index >= 15 is 0 Å². The van der Waals surface area contributed by atoms with Gasteiger partial charge in [0.05, 0.1) is 17.9 Å². The van der Waals surface area contributed by atoms with Crippen molar-refractivity contribution in [3.8, 4) is 5.75 Å². The molecular formula is C21H19NO4S2. The summed E-state index contributed by atoms with van der Waals surface area (Å²) in [5, 5.41) is 8.63. The minimum Gasteiger partial charge on any atom is -0.493 e. The van der Waals surface area contributed by atoms with E-state index in [-0.39, 0.29) is 18.9 Å². The number of hydrogen-bond acceptors (Lipinski definition) is 5. The number of carboxylic acid groups (broad SMARTS) is 1. The van der Waals surface area contributed by atoms with Crippen LogP contribution in [0.1, 0.15) is 17.5 Å². The molecule has 0 atom stereocenters. The molecule has 1 N–H and O–H groups in total. The third-order valence-electron chi connectivity index (χ3n) is 4.10. The van der Waals surface area contributed by atoms with Gasteiger partial charge < -0.3 is 9.84 Å². The van der Waals surface area contributed by atoms with E-state index in [0.717, 1.165) is 12.0 Å². The predicted octanol–water partition coefficient (Wildman–Crippen LogP) is 3.98. The van der Waals surface area contributed by atoms with Crippen LogP contribution in [0.5, 0.6) is 5.75 Å². The van der Waals surface area contributed by atoms with Gasteiger partial charge in [-0.3, -0.25) is 14.5 Å². The van der Waals surface area contributed by atoms with E-state index < -0.39 is 5.97 Å². The summed E-state index contributed by atoms with van der Waals surface area (Å²) in [6.07, 6.45) is 2.51. The van der Waals surface area contributed by atoms with Gasteiger partial charge in [-0.25, -0.2) is 0 Å². The van der Waals surface area contributed by atoms with Crippen molar-refractivity contribution in [2.24, 2.45) is 0 Å². The molecule has 3 rings (SSSR count). The van der Waals surface area contributed by atoms with E-state index in [0.29, 0.717) is 21.5 Å². The quantitative estimate of drug-likeness (QED) is 0.522. The second kappa shape index (κ2) is 9.52. The number of aliphatic carboxylic acids is 1. The molecule has 0 radical (unpaired) electrons. The Balaban J connectivity index is 1.60. The lowest BCUT2D eigenvalue weighted by molar-refractivity contribution is -0.137. The van der Waals surface area contributed by atoms with Crippen LogP contribution in [-0.4, -0.2) is 39.4 Å². The fraction of sp³-hybridized carbons (Fsp3) is 0.190. The van der Waals surface area contributed by atoms with Crippen molar-refractivity contribution in [1.29, 1.82) is 0 Å². The molecule has 0 unspecified atom stereocenters. The number of nitrogens with zero attached hydrogens (tertiary/aromatic N) is 1. The first kappa shape index (κ1) is 20.1. The van der Waals surface area contributed by atoms with Gasteiger partial charge in [-0.05, 0) is 35.8 Å². The maximum atomic E-state index is 12.7. The first-order valence-electron chi connectivity index (χ1n) is 8.77. The molecule has 0 aliphatic carbocycles. The first-order valence-corrected chi connectivity index (χ1v) is 9.99.